The molecule has 2 fully saturated rings. The molecule has 2 unspecified atom stereocenters. The predicted molar refractivity (Wildman–Crippen MR) is 76.3 cm³/mol. The van der Waals surface area contributed by atoms with Gasteiger partial charge in [0.15, 0.2) is 11.2 Å². The second-order valence-electron chi connectivity index (χ2n) is 5.35. The van der Waals surface area contributed by atoms with Gasteiger partial charge in [0.1, 0.15) is 12.6 Å². The number of imidazole rings is 1. The molecule has 4 rings (SSSR count). The van der Waals surface area contributed by atoms with Gasteiger partial charge in [-0.15, -0.1) is 0 Å². The number of ether oxygens (including phenoxy) is 2. The van der Waals surface area contributed by atoms with Crippen LogP contribution >= 0.6 is 0 Å². The molecule has 2 aromatic rings. The number of nitrogens with one attached hydrogen (secondary N) is 2. The van der Waals surface area contributed by atoms with Gasteiger partial charge in [-0.25, -0.2) is 4.98 Å². The van der Waals surface area contributed by atoms with E-state index in [1.54, 1.807) is 0 Å². The molecule has 9 nitrogen and oxygen atoms in total. The van der Waals surface area contributed by atoms with E-state index in [0.29, 0.717) is 24.8 Å². The summed E-state index contributed by atoms with van der Waals surface area (Å²) in [6.07, 6.45) is 4.59. The minimum atomic E-state index is -0.346. The first-order chi connectivity index (χ1) is 10.8. The maximum absolute atomic E-state index is 12.3. The molecule has 2 atom stereocenters. The van der Waals surface area contributed by atoms with Gasteiger partial charge in [-0.1, -0.05) is 0 Å². The van der Waals surface area contributed by atoms with Crippen molar-refractivity contribution in [3.05, 3.63) is 16.7 Å². The molecular formula is C13H17N5O4. The highest BCUT2D eigenvalue weighted by molar-refractivity contribution is 5.70. The number of anilines is 1. The molecule has 2 aliphatic heterocycles. The number of hydrogen-bond donors (Lipinski definition) is 2. The second kappa shape index (κ2) is 5.58. The highest BCUT2D eigenvalue weighted by Gasteiger charge is 2.21. The monoisotopic (exact) mass is 307 g/mol. The highest BCUT2D eigenvalue weighted by Crippen LogP contribution is 2.15. The van der Waals surface area contributed by atoms with Crippen molar-refractivity contribution in [2.75, 3.05) is 18.5 Å². The van der Waals surface area contributed by atoms with Crippen LogP contribution in [0.5, 0.6) is 0 Å². The molecule has 0 bridgehead atoms. The van der Waals surface area contributed by atoms with E-state index in [2.05, 4.69) is 20.3 Å². The number of H-pyrrole nitrogens is 1. The smallest absolute Gasteiger partial charge is 0.282 e. The standard InChI is InChI=1S/C13H17N5O4/c19-12-10-11(14-7-18(10)22-9-4-2-6-21-9)16-13(17-12)15-8-3-1-5-20-8/h7-9H,1-6H2,(H2,15,16,17,19). The Balaban J connectivity index is 1.60. The normalized spacial score (nSPS) is 24.9. The van der Waals surface area contributed by atoms with Crippen LogP contribution in [0.15, 0.2) is 11.1 Å². The van der Waals surface area contributed by atoms with Gasteiger partial charge in [0, 0.05) is 13.0 Å². The van der Waals surface area contributed by atoms with Crippen molar-refractivity contribution in [2.45, 2.75) is 38.2 Å². The fourth-order valence-electron chi connectivity index (χ4n) is 2.66. The van der Waals surface area contributed by atoms with Crippen molar-refractivity contribution in [1.82, 2.24) is 19.7 Å². The number of aromatic amines is 1. The number of hydrogen-bond acceptors (Lipinski definition) is 7. The van der Waals surface area contributed by atoms with Gasteiger partial charge in [-0.05, 0) is 19.3 Å². The highest BCUT2D eigenvalue weighted by atomic mass is 16.8. The van der Waals surface area contributed by atoms with Crippen molar-refractivity contribution < 1.29 is 14.3 Å². The Morgan fingerprint density at radius 2 is 2.18 bits per heavy atom. The van der Waals surface area contributed by atoms with Crippen molar-refractivity contribution in [3.63, 3.8) is 0 Å². The predicted octanol–water partition coefficient (Wildman–Crippen LogP) is 0.233. The lowest BCUT2D eigenvalue weighted by molar-refractivity contribution is -0.111. The fourth-order valence-corrected chi connectivity index (χ4v) is 2.66. The lowest BCUT2D eigenvalue weighted by atomic mass is 10.3. The summed E-state index contributed by atoms with van der Waals surface area (Å²) in [5, 5.41) is 3.05. The third-order valence-electron chi connectivity index (χ3n) is 3.73. The lowest BCUT2D eigenvalue weighted by Gasteiger charge is -2.13. The Labute approximate surface area is 125 Å². The molecule has 0 saturated carbocycles. The van der Waals surface area contributed by atoms with E-state index in [9.17, 15) is 4.79 Å². The topological polar surface area (TPSA) is 103 Å². The zero-order valence-electron chi connectivity index (χ0n) is 11.9. The molecule has 2 saturated heterocycles. The molecule has 0 radical (unpaired) electrons. The average molecular weight is 307 g/mol. The van der Waals surface area contributed by atoms with Crippen molar-refractivity contribution in [2.24, 2.45) is 0 Å². The Morgan fingerprint density at radius 1 is 1.32 bits per heavy atom. The quantitative estimate of drug-likeness (QED) is 0.833. The van der Waals surface area contributed by atoms with E-state index >= 15 is 0 Å². The van der Waals surface area contributed by atoms with Crippen LogP contribution in [0, 0.1) is 0 Å². The molecule has 0 aromatic carbocycles. The Kier molecular flexibility index (Phi) is 3.43. The lowest BCUT2D eigenvalue weighted by Crippen LogP contribution is -2.27. The molecule has 2 N–H and O–H groups in total. The van der Waals surface area contributed by atoms with E-state index < -0.39 is 0 Å². The van der Waals surface area contributed by atoms with Gasteiger partial charge in [0.25, 0.3) is 5.56 Å². The largest absolute Gasteiger partial charge is 0.380 e. The molecular weight excluding hydrogens is 290 g/mol. The maximum atomic E-state index is 12.3. The summed E-state index contributed by atoms with van der Waals surface area (Å²) < 4.78 is 12.2. The Bertz CT molecular complexity index is 715. The molecule has 0 spiro atoms. The van der Waals surface area contributed by atoms with Gasteiger partial charge in [0.2, 0.25) is 12.2 Å². The zero-order chi connectivity index (χ0) is 14.9. The van der Waals surface area contributed by atoms with Gasteiger partial charge < -0.3 is 19.6 Å². The minimum absolute atomic E-state index is 0.120. The van der Waals surface area contributed by atoms with E-state index in [4.69, 9.17) is 14.3 Å². The van der Waals surface area contributed by atoms with E-state index in [1.807, 2.05) is 0 Å². The van der Waals surface area contributed by atoms with Crippen LogP contribution in [-0.2, 0) is 9.47 Å². The molecule has 4 heterocycles. The van der Waals surface area contributed by atoms with Gasteiger partial charge >= 0.3 is 0 Å². The first-order valence-electron chi connectivity index (χ1n) is 7.44. The molecule has 0 aliphatic carbocycles. The summed E-state index contributed by atoms with van der Waals surface area (Å²) in [5.74, 6) is 0.353. The summed E-state index contributed by atoms with van der Waals surface area (Å²) >= 11 is 0. The summed E-state index contributed by atoms with van der Waals surface area (Å²) in [4.78, 5) is 29.0. The number of fused-ring (bicyclic) bond motifs is 1. The maximum Gasteiger partial charge on any atom is 0.282 e. The number of rotatable bonds is 4. The van der Waals surface area contributed by atoms with Crippen molar-refractivity contribution >= 4 is 17.1 Å². The SMILES string of the molecule is O=c1[nH]c(NC2CCCO2)nc2ncn(OC3CCCO3)c12. The van der Waals surface area contributed by atoms with Gasteiger partial charge in [-0.2, -0.15) is 9.71 Å². The van der Waals surface area contributed by atoms with E-state index in [1.165, 1.54) is 11.1 Å². The van der Waals surface area contributed by atoms with Gasteiger partial charge in [-0.3, -0.25) is 9.78 Å². The molecule has 9 heteroatoms. The molecule has 2 aromatic heterocycles. The third kappa shape index (κ3) is 2.53. The second-order valence-corrected chi connectivity index (χ2v) is 5.35. The Morgan fingerprint density at radius 3 is 2.95 bits per heavy atom. The molecule has 118 valence electrons. The summed E-state index contributed by atoms with van der Waals surface area (Å²) in [5.41, 5.74) is 0.275. The summed E-state index contributed by atoms with van der Waals surface area (Å²) in [6, 6.07) is 0. The third-order valence-corrected chi connectivity index (χ3v) is 3.73. The number of aromatic nitrogens is 4. The first kappa shape index (κ1) is 13.5. The minimum Gasteiger partial charge on any atom is -0.380 e. The zero-order valence-corrected chi connectivity index (χ0v) is 11.9. The number of nitrogens with zero attached hydrogens (tertiary/aromatic N) is 3. The van der Waals surface area contributed by atoms with Crippen molar-refractivity contribution in [3.8, 4) is 0 Å². The Hall–Kier alpha value is -2.13. The first-order valence-corrected chi connectivity index (χ1v) is 7.44. The van der Waals surface area contributed by atoms with E-state index in [-0.39, 0.29) is 23.6 Å². The van der Waals surface area contributed by atoms with Crippen LogP contribution in [0.2, 0.25) is 0 Å². The fraction of sp³-hybridized carbons (Fsp3) is 0.615. The van der Waals surface area contributed by atoms with Gasteiger partial charge in [0.05, 0.1) is 6.61 Å². The molecule has 0 amide bonds. The van der Waals surface area contributed by atoms with Crippen LogP contribution in [-0.4, -0.2) is 45.4 Å². The van der Waals surface area contributed by atoms with Crippen LogP contribution < -0.4 is 15.7 Å². The molecule has 2 aliphatic rings. The summed E-state index contributed by atoms with van der Waals surface area (Å²) in [6.45, 7) is 1.38. The van der Waals surface area contributed by atoms with E-state index in [0.717, 1.165) is 25.7 Å². The molecule has 22 heavy (non-hydrogen) atoms. The van der Waals surface area contributed by atoms with Crippen LogP contribution in [0.1, 0.15) is 25.7 Å². The average Bonchev–Trinajstić information content (AvgIpc) is 3.22. The van der Waals surface area contributed by atoms with Crippen LogP contribution in [0.4, 0.5) is 5.95 Å². The summed E-state index contributed by atoms with van der Waals surface area (Å²) in [7, 11) is 0. The van der Waals surface area contributed by atoms with Crippen molar-refractivity contribution in [1.29, 1.82) is 0 Å². The van der Waals surface area contributed by atoms with Crippen LogP contribution in [0.25, 0.3) is 11.2 Å². The van der Waals surface area contributed by atoms with Crippen LogP contribution in [0.3, 0.4) is 0 Å².